The van der Waals surface area contributed by atoms with E-state index < -0.39 is 5.92 Å². The molecule has 0 aromatic heterocycles. The summed E-state index contributed by atoms with van der Waals surface area (Å²) in [6.45, 7) is 0. The average molecular weight is 372 g/mol. The lowest BCUT2D eigenvalue weighted by Gasteiger charge is -2.56. The summed E-state index contributed by atoms with van der Waals surface area (Å²) in [6.07, 6.45) is 4.27. The summed E-state index contributed by atoms with van der Waals surface area (Å²) in [7, 11) is 0. The Morgan fingerprint density at radius 1 is 0.857 bits per heavy atom. The van der Waals surface area contributed by atoms with Crippen LogP contribution in [0.1, 0.15) is 52.8 Å². The van der Waals surface area contributed by atoms with Crippen LogP contribution in [0.3, 0.4) is 0 Å². The molecular formula is C25H24O3. The van der Waals surface area contributed by atoms with Crippen molar-refractivity contribution in [1.29, 1.82) is 0 Å². The van der Waals surface area contributed by atoms with Gasteiger partial charge in [0.25, 0.3) is 0 Å². The Kier molecular flexibility index (Phi) is 4.08. The Labute approximate surface area is 165 Å². The number of benzene rings is 2. The SMILES string of the molecule is O=C(c1ccccc1)[C@@H]1[C@H]2C[C@H]3CCC[C@@]3(CC2=O)[C@H]1C(=O)c1ccccc1. The van der Waals surface area contributed by atoms with Crippen molar-refractivity contribution in [3.63, 3.8) is 0 Å². The molecule has 0 unspecified atom stereocenters. The van der Waals surface area contributed by atoms with Crippen molar-refractivity contribution >= 4 is 17.3 Å². The van der Waals surface area contributed by atoms with Crippen molar-refractivity contribution in [1.82, 2.24) is 0 Å². The van der Waals surface area contributed by atoms with E-state index in [1.54, 1.807) is 0 Å². The number of Topliss-reactive ketones (excluding diaryl/α,β-unsaturated/α-hetero) is 3. The van der Waals surface area contributed by atoms with E-state index >= 15 is 0 Å². The number of hydrogen-bond donors (Lipinski definition) is 0. The second-order valence-electron chi connectivity index (χ2n) is 8.77. The summed E-state index contributed by atoms with van der Waals surface area (Å²) in [4.78, 5) is 40.3. The van der Waals surface area contributed by atoms with Gasteiger partial charge in [-0.25, -0.2) is 0 Å². The van der Waals surface area contributed by atoms with Crippen molar-refractivity contribution in [3.05, 3.63) is 71.8 Å². The highest BCUT2D eigenvalue weighted by Crippen LogP contribution is 2.65. The van der Waals surface area contributed by atoms with E-state index in [0.29, 0.717) is 23.5 Å². The maximum Gasteiger partial charge on any atom is 0.167 e. The van der Waals surface area contributed by atoms with Crippen LogP contribution in [0.15, 0.2) is 60.7 Å². The predicted octanol–water partition coefficient (Wildman–Crippen LogP) is 4.76. The molecule has 2 aromatic rings. The minimum absolute atomic E-state index is 0.0299. The number of fused-ring (bicyclic) bond motifs is 2. The molecule has 4 aliphatic rings. The summed E-state index contributed by atoms with van der Waals surface area (Å²) in [5.41, 5.74) is 0.955. The van der Waals surface area contributed by atoms with Crippen LogP contribution in [0.4, 0.5) is 0 Å². The number of hydrogen-bond acceptors (Lipinski definition) is 3. The van der Waals surface area contributed by atoms with Crippen molar-refractivity contribution in [2.45, 2.75) is 32.1 Å². The quantitative estimate of drug-likeness (QED) is 0.727. The Morgan fingerprint density at radius 3 is 2.11 bits per heavy atom. The summed E-state index contributed by atoms with van der Waals surface area (Å²) in [5.74, 6) is -0.596. The van der Waals surface area contributed by atoms with Crippen LogP contribution < -0.4 is 0 Å². The number of rotatable bonds is 4. The lowest BCUT2D eigenvalue weighted by Crippen LogP contribution is -2.60. The first-order valence-corrected chi connectivity index (χ1v) is 10.3. The molecule has 4 saturated carbocycles. The van der Waals surface area contributed by atoms with Gasteiger partial charge in [-0.3, -0.25) is 14.4 Å². The van der Waals surface area contributed by atoms with E-state index in [0.717, 1.165) is 25.7 Å². The van der Waals surface area contributed by atoms with Crippen LogP contribution in [-0.4, -0.2) is 17.3 Å². The van der Waals surface area contributed by atoms with Crippen LogP contribution in [0.5, 0.6) is 0 Å². The molecule has 142 valence electrons. The first-order chi connectivity index (χ1) is 13.6. The summed E-state index contributed by atoms with van der Waals surface area (Å²) >= 11 is 0. The fourth-order valence-corrected chi connectivity index (χ4v) is 6.44. The molecule has 3 nitrogen and oxygen atoms in total. The van der Waals surface area contributed by atoms with Gasteiger partial charge >= 0.3 is 0 Å². The van der Waals surface area contributed by atoms with Crippen LogP contribution >= 0.6 is 0 Å². The average Bonchev–Trinajstić information content (AvgIpc) is 3.16. The molecule has 4 aliphatic carbocycles. The molecule has 0 saturated heterocycles. The highest BCUT2D eigenvalue weighted by Gasteiger charge is 2.66. The molecule has 5 atom stereocenters. The van der Waals surface area contributed by atoms with E-state index in [-0.39, 0.29) is 34.6 Å². The summed E-state index contributed by atoms with van der Waals surface area (Å²) < 4.78 is 0. The normalized spacial score (nSPS) is 33.5. The molecule has 0 radical (unpaired) electrons. The van der Waals surface area contributed by atoms with Gasteiger partial charge in [0.05, 0.1) is 0 Å². The first kappa shape index (κ1) is 17.5. The Balaban J connectivity index is 1.64. The third kappa shape index (κ3) is 2.45. The van der Waals surface area contributed by atoms with E-state index in [4.69, 9.17) is 0 Å². The maximum atomic E-state index is 13.7. The van der Waals surface area contributed by atoms with Gasteiger partial charge in [0.1, 0.15) is 5.78 Å². The monoisotopic (exact) mass is 372 g/mol. The van der Waals surface area contributed by atoms with Gasteiger partial charge in [-0.1, -0.05) is 67.1 Å². The topological polar surface area (TPSA) is 51.2 Å². The molecule has 0 aliphatic heterocycles. The second kappa shape index (κ2) is 6.51. The fraction of sp³-hybridized carbons (Fsp3) is 0.400. The summed E-state index contributed by atoms with van der Waals surface area (Å²) in [5, 5.41) is 0. The molecule has 2 bridgehead atoms. The highest BCUT2D eigenvalue weighted by molar-refractivity contribution is 6.08. The van der Waals surface area contributed by atoms with Gasteiger partial charge in [0.15, 0.2) is 11.6 Å². The smallest absolute Gasteiger partial charge is 0.167 e. The Hall–Kier alpha value is -2.55. The van der Waals surface area contributed by atoms with Crippen molar-refractivity contribution in [2.75, 3.05) is 0 Å². The maximum absolute atomic E-state index is 13.7. The zero-order valence-corrected chi connectivity index (χ0v) is 15.8. The van der Waals surface area contributed by atoms with Crippen molar-refractivity contribution < 1.29 is 14.4 Å². The minimum Gasteiger partial charge on any atom is -0.299 e. The van der Waals surface area contributed by atoms with Gasteiger partial charge in [0.2, 0.25) is 0 Å². The molecule has 0 amide bonds. The largest absolute Gasteiger partial charge is 0.299 e. The number of ketones is 3. The molecule has 1 spiro atoms. The third-order valence-electron chi connectivity index (χ3n) is 7.58. The first-order valence-electron chi connectivity index (χ1n) is 10.3. The molecular weight excluding hydrogens is 348 g/mol. The van der Waals surface area contributed by atoms with E-state index in [1.807, 2.05) is 60.7 Å². The standard InChI is InChI=1S/C25H24O3/c26-20-15-25-13-7-12-18(25)14-19(20)21(23(27)16-8-3-1-4-9-16)22(25)24(28)17-10-5-2-6-11-17/h1-6,8-11,18-19,21-22H,7,12-15H2/t18-,19+,21-,22-,25+/m1/s1. The van der Waals surface area contributed by atoms with Gasteiger partial charge in [0, 0.05) is 35.3 Å². The highest BCUT2D eigenvalue weighted by atomic mass is 16.1. The minimum atomic E-state index is -0.522. The Bertz CT molecular complexity index is 933. The van der Waals surface area contributed by atoms with E-state index in [2.05, 4.69) is 0 Å². The van der Waals surface area contributed by atoms with Gasteiger partial charge in [-0.2, -0.15) is 0 Å². The van der Waals surface area contributed by atoms with Crippen LogP contribution in [0.2, 0.25) is 0 Å². The van der Waals surface area contributed by atoms with Gasteiger partial charge in [-0.15, -0.1) is 0 Å². The molecule has 3 heteroatoms. The van der Waals surface area contributed by atoms with E-state index in [9.17, 15) is 14.4 Å². The van der Waals surface area contributed by atoms with Gasteiger partial charge < -0.3 is 0 Å². The van der Waals surface area contributed by atoms with Crippen molar-refractivity contribution in [2.24, 2.45) is 29.1 Å². The molecule has 0 heterocycles. The van der Waals surface area contributed by atoms with E-state index in [1.165, 1.54) is 0 Å². The zero-order valence-electron chi connectivity index (χ0n) is 15.8. The molecule has 0 N–H and O–H groups in total. The zero-order chi connectivity index (χ0) is 19.3. The fourth-order valence-electron chi connectivity index (χ4n) is 6.44. The van der Waals surface area contributed by atoms with Crippen LogP contribution in [0.25, 0.3) is 0 Å². The molecule has 6 rings (SSSR count). The van der Waals surface area contributed by atoms with Crippen LogP contribution in [-0.2, 0) is 4.79 Å². The molecule has 2 aromatic carbocycles. The second-order valence-corrected chi connectivity index (χ2v) is 8.77. The lowest BCUT2D eigenvalue weighted by atomic mass is 9.45. The number of carbonyl (C=O) groups is 3. The Morgan fingerprint density at radius 2 is 1.46 bits per heavy atom. The van der Waals surface area contributed by atoms with Gasteiger partial charge in [-0.05, 0) is 30.6 Å². The number of carbonyl (C=O) groups excluding carboxylic acids is 3. The molecule has 4 fully saturated rings. The predicted molar refractivity (Wildman–Crippen MR) is 106 cm³/mol. The van der Waals surface area contributed by atoms with Crippen LogP contribution in [0, 0.1) is 29.1 Å². The molecule has 28 heavy (non-hydrogen) atoms. The summed E-state index contributed by atoms with van der Waals surface area (Å²) in [6, 6.07) is 18.5. The third-order valence-corrected chi connectivity index (χ3v) is 7.58. The lowest BCUT2D eigenvalue weighted by molar-refractivity contribution is -0.145. The van der Waals surface area contributed by atoms with Crippen molar-refractivity contribution in [3.8, 4) is 0 Å².